The van der Waals surface area contributed by atoms with Crippen LogP contribution < -0.4 is 0 Å². The number of aromatic nitrogens is 4. The zero-order chi connectivity index (χ0) is 27.9. The average molecular weight is 537 g/mol. The molecule has 0 aliphatic rings. The van der Waals surface area contributed by atoms with Crippen LogP contribution >= 0.6 is 0 Å². The molecule has 0 aliphatic carbocycles. The first kappa shape index (κ1) is 24.1. The van der Waals surface area contributed by atoms with E-state index in [-0.39, 0.29) is 0 Å². The maximum absolute atomic E-state index is 5.18. The number of rotatable bonds is 4. The molecule has 4 nitrogen and oxygen atoms in total. The van der Waals surface area contributed by atoms with Gasteiger partial charge in [0, 0.05) is 33.7 Å². The monoisotopic (exact) mass is 536 g/mol. The third-order valence-corrected chi connectivity index (χ3v) is 7.72. The van der Waals surface area contributed by atoms with Gasteiger partial charge in [0.05, 0.1) is 39.5 Å². The highest BCUT2D eigenvalue weighted by atomic mass is 14.8. The lowest BCUT2D eigenvalue weighted by Gasteiger charge is -2.10. The normalized spacial score (nSPS) is 11.3. The van der Waals surface area contributed by atoms with Gasteiger partial charge in [0.2, 0.25) is 0 Å². The van der Waals surface area contributed by atoms with Crippen LogP contribution in [-0.2, 0) is 0 Å². The number of fused-ring (bicyclic) bond motifs is 4. The fourth-order valence-electron chi connectivity index (χ4n) is 5.62. The summed E-state index contributed by atoms with van der Waals surface area (Å²) in [5, 5.41) is 4.53. The summed E-state index contributed by atoms with van der Waals surface area (Å²) in [5.41, 5.74) is 9.42. The Morgan fingerprint density at radius 1 is 0.357 bits per heavy atom. The van der Waals surface area contributed by atoms with Crippen molar-refractivity contribution in [1.82, 2.24) is 19.9 Å². The summed E-state index contributed by atoms with van der Waals surface area (Å²) in [6.07, 6.45) is 1.79. The van der Waals surface area contributed by atoms with Crippen LogP contribution in [0.15, 0.2) is 146 Å². The average Bonchev–Trinajstić information content (AvgIpc) is 3.08. The van der Waals surface area contributed by atoms with Crippen LogP contribution in [-0.4, -0.2) is 19.9 Å². The lowest BCUT2D eigenvalue weighted by atomic mass is 10.0. The molecule has 0 fully saturated rings. The first-order valence-electron chi connectivity index (χ1n) is 14.0. The molecule has 0 N–H and O–H groups in total. The molecular weight excluding hydrogens is 512 g/mol. The molecule has 196 valence electrons. The Morgan fingerprint density at radius 3 is 1.76 bits per heavy atom. The Balaban J connectivity index is 1.23. The molecule has 4 aromatic heterocycles. The highest BCUT2D eigenvalue weighted by Crippen LogP contribution is 2.32. The molecule has 0 atom stereocenters. The number of hydrogen-bond donors (Lipinski definition) is 0. The predicted octanol–water partition coefficient (Wildman–Crippen LogP) is 9.39. The van der Waals surface area contributed by atoms with Crippen molar-refractivity contribution in [3.63, 3.8) is 0 Å². The second kappa shape index (κ2) is 10.0. The van der Waals surface area contributed by atoms with Crippen molar-refractivity contribution in [3.05, 3.63) is 146 Å². The fraction of sp³-hybridized carbons (Fsp3) is 0. The van der Waals surface area contributed by atoms with Crippen molar-refractivity contribution in [2.24, 2.45) is 0 Å². The summed E-state index contributed by atoms with van der Waals surface area (Å²) >= 11 is 0. The number of pyridine rings is 4. The molecule has 4 heteroatoms. The molecule has 4 aromatic carbocycles. The molecule has 4 heterocycles. The van der Waals surface area contributed by atoms with E-state index in [1.54, 1.807) is 6.20 Å². The minimum atomic E-state index is 0.849. The first-order chi connectivity index (χ1) is 20.8. The van der Waals surface area contributed by atoms with Gasteiger partial charge in [-0.3, -0.25) is 4.98 Å². The molecule has 0 aliphatic heterocycles. The van der Waals surface area contributed by atoms with E-state index in [0.29, 0.717) is 0 Å². The molecule has 42 heavy (non-hydrogen) atoms. The lowest BCUT2D eigenvalue weighted by molar-refractivity contribution is 1.25. The molecule has 0 saturated carbocycles. The third kappa shape index (κ3) is 4.27. The second-order valence-electron chi connectivity index (χ2n) is 10.3. The van der Waals surface area contributed by atoms with Crippen molar-refractivity contribution < 1.29 is 0 Å². The Morgan fingerprint density at radius 2 is 0.952 bits per heavy atom. The number of nitrogens with zero attached hydrogens (tertiary/aromatic N) is 4. The maximum atomic E-state index is 5.18. The zero-order valence-corrected chi connectivity index (χ0v) is 22.6. The Bertz CT molecular complexity index is 2250. The van der Waals surface area contributed by atoms with Crippen LogP contribution in [0.3, 0.4) is 0 Å². The zero-order valence-electron chi connectivity index (χ0n) is 22.6. The van der Waals surface area contributed by atoms with E-state index >= 15 is 0 Å². The molecule has 0 amide bonds. The summed E-state index contributed by atoms with van der Waals surface area (Å²) in [4.78, 5) is 19.7. The second-order valence-corrected chi connectivity index (χ2v) is 10.3. The maximum Gasteiger partial charge on any atom is 0.0972 e. The van der Waals surface area contributed by atoms with E-state index in [4.69, 9.17) is 15.0 Å². The van der Waals surface area contributed by atoms with Crippen molar-refractivity contribution in [2.45, 2.75) is 0 Å². The van der Waals surface area contributed by atoms with Crippen LogP contribution in [0.4, 0.5) is 0 Å². The van der Waals surface area contributed by atoms with Crippen molar-refractivity contribution >= 4 is 32.6 Å². The van der Waals surface area contributed by atoms with Gasteiger partial charge in [-0.1, -0.05) is 97.1 Å². The van der Waals surface area contributed by atoms with E-state index in [2.05, 4.69) is 108 Å². The van der Waals surface area contributed by atoms with Gasteiger partial charge in [-0.25, -0.2) is 15.0 Å². The summed E-state index contributed by atoms with van der Waals surface area (Å²) in [6, 6.07) is 47.9. The van der Waals surface area contributed by atoms with Crippen LogP contribution in [0.1, 0.15) is 0 Å². The van der Waals surface area contributed by atoms with Gasteiger partial charge in [0.25, 0.3) is 0 Å². The highest BCUT2D eigenvalue weighted by molar-refractivity contribution is 6.05. The highest BCUT2D eigenvalue weighted by Gasteiger charge is 2.11. The van der Waals surface area contributed by atoms with E-state index in [1.807, 2.05) is 36.4 Å². The SMILES string of the molecule is c1ccc(-c2cccc(-c3cccc(-c4ccc5ccc6ccc(-c7cccc8ccccc78)nc6c5n4)c3)n2)nc1. The Labute approximate surface area is 243 Å². The quantitative estimate of drug-likeness (QED) is 0.210. The van der Waals surface area contributed by atoms with Gasteiger partial charge in [0.15, 0.2) is 0 Å². The smallest absolute Gasteiger partial charge is 0.0972 e. The minimum Gasteiger partial charge on any atom is -0.255 e. The summed E-state index contributed by atoms with van der Waals surface area (Å²) in [5.74, 6) is 0. The van der Waals surface area contributed by atoms with Gasteiger partial charge >= 0.3 is 0 Å². The predicted molar refractivity (Wildman–Crippen MR) is 172 cm³/mol. The van der Waals surface area contributed by atoms with Gasteiger partial charge in [-0.15, -0.1) is 0 Å². The van der Waals surface area contributed by atoms with Crippen molar-refractivity contribution in [1.29, 1.82) is 0 Å². The fourth-order valence-corrected chi connectivity index (χ4v) is 5.62. The summed E-state index contributed by atoms with van der Waals surface area (Å²) in [7, 11) is 0. The van der Waals surface area contributed by atoms with Gasteiger partial charge in [-0.2, -0.15) is 0 Å². The number of hydrogen-bond acceptors (Lipinski definition) is 4. The molecule has 0 bridgehead atoms. The molecule has 8 aromatic rings. The molecule has 0 spiro atoms. The van der Waals surface area contributed by atoms with Crippen LogP contribution in [0, 0.1) is 0 Å². The molecule has 8 rings (SSSR count). The lowest BCUT2D eigenvalue weighted by Crippen LogP contribution is -1.92. The van der Waals surface area contributed by atoms with Crippen LogP contribution in [0.5, 0.6) is 0 Å². The van der Waals surface area contributed by atoms with Gasteiger partial charge in [-0.05, 0) is 53.2 Å². The van der Waals surface area contributed by atoms with Crippen molar-refractivity contribution in [2.75, 3.05) is 0 Å². The standard InChI is InChI=1S/C38H24N4/c1-2-12-30-25(8-1)9-6-13-31(30)34-22-20-27-18-17-26-19-21-33(41-37(26)38(27)42-34)29-11-5-10-28(24-29)32-15-7-16-36(40-32)35-14-3-4-23-39-35/h1-24H. The first-order valence-corrected chi connectivity index (χ1v) is 14.0. The van der Waals surface area contributed by atoms with Crippen LogP contribution in [0.25, 0.3) is 77.7 Å². The molecule has 0 saturated heterocycles. The number of benzene rings is 4. The molecule has 0 radical (unpaired) electrons. The van der Waals surface area contributed by atoms with E-state index in [1.165, 1.54) is 10.8 Å². The van der Waals surface area contributed by atoms with E-state index in [0.717, 1.165) is 67.0 Å². The largest absolute Gasteiger partial charge is 0.255 e. The van der Waals surface area contributed by atoms with Gasteiger partial charge < -0.3 is 0 Å². The van der Waals surface area contributed by atoms with E-state index < -0.39 is 0 Å². The molecular formula is C38H24N4. The molecule has 0 unspecified atom stereocenters. The van der Waals surface area contributed by atoms with Crippen molar-refractivity contribution in [3.8, 4) is 45.2 Å². The minimum absolute atomic E-state index is 0.849. The van der Waals surface area contributed by atoms with Crippen LogP contribution in [0.2, 0.25) is 0 Å². The van der Waals surface area contributed by atoms with E-state index in [9.17, 15) is 0 Å². The summed E-state index contributed by atoms with van der Waals surface area (Å²) < 4.78 is 0. The Kier molecular flexibility index (Phi) is 5.75. The summed E-state index contributed by atoms with van der Waals surface area (Å²) in [6.45, 7) is 0. The topological polar surface area (TPSA) is 51.6 Å². The third-order valence-electron chi connectivity index (χ3n) is 7.72. The van der Waals surface area contributed by atoms with Gasteiger partial charge in [0.1, 0.15) is 0 Å². The Hall–Kier alpha value is -5.74.